The fourth-order valence-electron chi connectivity index (χ4n) is 8.77. The minimum Gasteiger partial charge on any atom is -0.456 e. The third kappa shape index (κ3) is 5.20. The molecule has 0 saturated heterocycles. The van der Waals surface area contributed by atoms with Crippen LogP contribution in [0.1, 0.15) is 23.1 Å². The molecule has 8 aromatic carbocycles. The van der Waals surface area contributed by atoms with Crippen molar-refractivity contribution in [3.05, 3.63) is 205 Å². The van der Waals surface area contributed by atoms with E-state index in [1.165, 1.54) is 60.9 Å². The summed E-state index contributed by atoms with van der Waals surface area (Å²) in [6.07, 6.45) is 4.44. The average Bonchev–Trinajstić information content (AvgIpc) is 3.80. The molecule has 3 nitrogen and oxygen atoms in total. The van der Waals surface area contributed by atoms with E-state index in [0.717, 1.165) is 51.8 Å². The van der Waals surface area contributed by atoms with Gasteiger partial charge in [-0.2, -0.15) is 0 Å². The Hall–Kier alpha value is -7.10. The molecule has 0 fully saturated rings. The van der Waals surface area contributed by atoms with Gasteiger partial charge in [-0.05, 0) is 107 Å². The summed E-state index contributed by atoms with van der Waals surface area (Å²) in [5.41, 5.74) is 16.4. The molecule has 1 aliphatic rings. The maximum atomic E-state index is 6.28. The number of anilines is 3. The summed E-state index contributed by atoms with van der Waals surface area (Å²) in [5.74, 6) is 0. The van der Waals surface area contributed by atoms with Crippen LogP contribution in [0.2, 0.25) is 0 Å². The molecule has 0 radical (unpaired) electrons. The molecule has 260 valence electrons. The minimum atomic E-state index is 0.890. The summed E-state index contributed by atoms with van der Waals surface area (Å²) in [4.78, 5) is 2.41. The molecule has 11 rings (SSSR count). The lowest BCUT2D eigenvalue weighted by atomic mass is 9.86. The van der Waals surface area contributed by atoms with E-state index >= 15 is 0 Å². The first-order valence-corrected chi connectivity index (χ1v) is 19.1. The van der Waals surface area contributed by atoms with E-state index in [1.54, 1.807) is 0 Å². The first-order valence-electron chi connectivity index (χ1n) is 19.1. The van der Waals surface area contributed by atoms with Gasteiger partial charge in [0, 0.05) is 44.2 Å². The molecular weight excluding hydrogens is 669 g/mol. The third-order valence-corrected chi connectivity index (χ3v) is 11.3. The molecule has 10 aromatic rings. The highest BCUT2D eigenvalue weighted by Crippen LogP contribution is 2.45. The van der Waals surface area contributed by atoms with Crippen LogP contribution in [0.4, 0.5) is 17.1 Å². The summed E-state index contributed by atoms with van der Waals surface area (Å²) < 4.78 is 8.69. The number of aryl methyl sites for hydroxylation is 1. The van der Waals surface area contributed by atoms with Crippen molar-refractivity contribution in [3.63, 3.8) is 0 Å². The molecule has 2 aromatic heterocycles. The van der Waals surface area contributed by atoms with Gasteiger partial charge in [-0.1, -0.05) is 127 Å². The van der Waals surface area contributed by atoms with E-state index in [-0.39, 0.29) is 0 Å². The Morgan fingerprint density at radius 1 is 0.473 bits per heavy atom. The Morgan fingerprint density at radius 2 is 1.18 bits per heavy atom. The zero-order valence-electron chi connectivity index (χ0n) is 30.2. The van der Waals surface area contributed by atoms with Crippen molar-refractivity contribution >= 4 is 72.5 Å². The number of rotatable bonds is 6. The molecule has 1 aliphatic carbocycles. The largest absolute Gasteiger partial charge is 0.456 e. The van der Waals surface area contributed by atoms with Gasteiger partial charge in [0.25, 0.3) is 0 Å². The van der Waals surface area contributed by atoms with Crippen LogP contribution < -0.4 is 4.90 Å². The predicted molar refractivity (Wildman–Crippen MR) is 231 cm³/mol. The molecule has 0 spiro atoms. The second kappa shape index (κ2) is 12.8. The van der Waals surface area contributed by atoms with E-state index in [0.29, 0.717) is 0 Å². The number of fused-ring (bicyclic) bond motifs is 8. The number of furan rings is 1. The van der Waals surface area contributed by atoms with Gasteiger partial charge >= 0.3 is 0 Å². The van der Waals surface area contributed by atoms with Gasteiger partial charge in [-0.15, -0.1) is 0 Å². The van der Waals surface area contributed by atoms with Gasteiger partial charge in [-0.25, -0.2) is 0 Å². The highest BCUT2D eigenvalue weighted by Gasteiger charge is 2.23. The minimum absolute atomic E-state index is 0.890. The van der Waals surface area contributed by atoms with Gasteiger partial charge in [-0.3, -0.25) is 0 Å². The van der Waals surface area contributed by atoms with Crippen LogP contribution >= 0.6 is 0 Å². The van der Waals surface area contributed by atoms with Crippen molar-refractivity contribution in [2.75, 3.05) is 4.90 Å². The zero-order valence-corrected chi connectivity index (χ0v) is 30.2. The van der Waals surface area contributed by atoms with Crippen LogP contribution in [-0.4, -0.2) is 4.57 Å². The summed E-state index contributed by atoms with van der Waals surface area (Å²) >= 11 is 0. The Labute approximate surface area is 319 Å². The van der Waals surface area contributed by atoms with Crippen molar-refractivity contribution in [1.82, 2.24) is 4.57 Å². The fourth-order valence-corrected chi connectivity index (χ4v) is 8.77. The highest BCUT2D eigenvalue weighted by atomic mass is 16.3. The lowest BCUT2D eigenvalue weighted by Crippen LogP contribution is -2.11. The van der Waals surface area contributed by atoms with Crippen LogP contribution in [0.5, 0.6) is 0 Å². The number of allylic oxidation sites excluding steroid dienone is 1. The van der Waals surface area contributed by atoms with Crippen molar-refractivity contribution in [2.45, 2.75) is 12.8 Å². The highest BCUT2D eigenvalue weighted by molar-refractivity contribution is 6.15. The molecule has 2 heterocycles. The standard InChI is InChI=1S/C52H36N2O/c1-3-14-35(15-4-1)42-20-7-10-23-47(42)53(41-29-31-51-46(34-41)43-21-9-12-25-50(43)55-51)40-19-13-16-37(32-40)38-27-26-36-28-30-49-52(45(36)33-38)44-22-8-11-24-48(44)54(49)39-17-5-2-6-18-39/h1-25,28-34H,26-27H2. The molecule has 0 aliphatic heterocycles. The number of hydrogen-bond acceptors (Lipinski definition) is 2. The van der Waals surface area contributed by atoms with Gasteiger partial charge in [0.15, 0.2) is 0 Å². The average molecular weight is 705 g/mol. The Kier molecular flexibility index (Phi) is 7.31. The summed E-state index contributed by atoms with van der Waals surface area (Å²) in [5, 5.41) is 4.84. The monoisotopic (exact) mass is 704 g/mol. The number of aromatic nitrogens is 1. The quantitative estimate of drug-likeness (QED) is 0.172. The Balaban J connectivity index is 1.09. The van der Waals surface area contributed by atoms with Gasteiger partial charge in [0.2, 0.25) is 0 Å². The molecule has 0 amide bonds. The predicted octanol–water partition coefficient (Wildman–Crippen LogP) is 14.3. The van der Waals surface area contributed by atoms with Crippen LogP contribution in [0, 0.1) is 0 Å². The number of hydrogen-bond donors (Lipinski definition) is 0. The maximum Gasteiger partial charge on any atom is 0.135 e. The van der Waals surface area contributed by atoms with E-state index in [2.05, 4.69) is 191 Å². The second-order valence-electron chi connectivity index (χ2n) is 14.4. The van der Waals surface area contributed by atoms with Gasteiger partial charge in [0.05, 0.1) is 16.7 Å². The maximum absolute atomic E-state index is 6.28. The number of nitrogens with zero attached hydrogens (tertiary/aromatic N) is 2. The number of para-hydroxylation sites is 4. The SMILES string of the molecule is C1=C(c2cccc(N(c3ccc4oc5ccccc5c4c3)c3ccccc3-c3ccccc3)c2)CCc2ccc3c(c21)c1ccccc1n3-c1ccccc1. The van der Waals surface area contributed by atoms with Gasteiger partial charge < -0.3 is 13.9 Å². The Morgan fingerprint density at radius 3 is 2.07 bits per heavy atom. The normalized spacial score (nSPS) is 12.7. The van der Waals surface area contributed by atoms with E-state index in [9.17, 15) is 0 Å². The zero-order chi connectivity index (χ0) is 36.3. The van der Waals surface area contributed by atoms with Crippen molar-refractivity contribution in [1.29, 1.82) is 0 Å². The lowest BCUT2D eigenvalue weighted by Gasteiger charge is -2.29. The summed E-state index contributed by atoms with van der Waals surface area (Å²) in [6.45, 7) is 0. The van der Waals surface area contributed by atoms with Crippen molar-refractivity contribution < 1.29 is 4.42 Å². The van der Waals surface area contributed by atoms with Crippen molar-refractivity contribution in [3.8, 4) is 16.8 Å². The lowest BCUT2D eigenvalue weighted by molar-refractivity contribution is 0.669. The fraction of sp³-hybridized carbons (Fsp3) is 0.0385. The molecule has 0 N–H and O–H groups in total. The second-order valence-corrected chi connectivity index (χ2v) is 14.4. The molecule has 0 unspecified atom stereocenters. The van der Waals surface area contributed by atoms with E-state index in [1.807, 2.05) is 12.1 Å². The van der Waals surface area contributed by atoms with E-state index < -0.39 is 0 Å². The molecule has 0 atom stereocenters. The molecule has 55 heavy (non-hydrogen) atoms. The van der Waals surface area contributed by atoms with Crippen LogP contribution in [0.15, 0.2) is 192 Å². The van der Waals surface area contributed by atoms with Gasteiger partial charge in [0.1, 0.15) is 11.2 Å². The summed E-state index contributed by atoms with van der Waals surface area (Å²) in [7, 11) is 0. The van der Waals surface area contributed by atoms with Crippen LogP contribution in [0.25, 0.3) is 72.2 Å². The van der Waals surface area contributed by atoms with Crippen molar-refractivity contribution in [2.24, 2.45) is 0 Å². The topological polar surface area (TPSA) is 21.3 Å². The Bertz CT molecular complexity index is 3090. The third-order valence-electron chi connectivity index (χ3n) is 11.3. The van der Waals surface area contributed by atoms with Crippen LogP contribution in [-0.2, 0) is 6.42 Å². The smallest absolute Gasteiger partial charge is 0.135 e. The number of benzene rings is 8. The summed E-state index contributed by atoms with van der Waals surface area (Å²) in [6, 6.07) is 67.7. The van der Waals surface area contributed by atoms with E-state index in [4.69, 9.17) is 4.42 Å². The molecular formula is C52H36N2O. The first-order chi connectivity index (χ1) is 27.3. The molecule has 3 heteroatoms. The first kappa shape index (κ1) is 31.4. The molecule has 0 saturated carbocycles. The molecule has 0 bridgehead atoms. The van der Waals surface area contributed by atoms with Crippen LogP contribution in [0.3, 0.4) is 0 Å².